The molecule has 1 amide bonds. The van der Waals surface area contributed by atoms with Gasteiger partial charge in [0.1, 0.15) is 5.69 Å². The maximum absolute atomic E-state index is 12.0. The van der Waals surface area contributed by atoms with E-state index in [-0.39, 0.29) is 11.6 Å². The number of hydrogen-bond acceptors (Lipinski definition) is 3. The maximum atomic E-state index is 12.0. The summed E-state index contributed by atoms with van der Waals surface area (Å²) in [6.45, 7) is 4.22. The SMILES string of the molecule is C=CCCCN(C)C(=O)c1ccnc(C(=O)O)c1. The second-order valence-electron chi connectivity index (χ2n) is 3.89. The van der Waals surface area contributed by atoms with Crippen LogP contribution < -0.4 is 0 Å². The lowest BCUT2D eigenvalue weighted by Crippen LogP contribution is -2.28. The number of amides is 1. The van der Waals surface area contributed by atoms with Crippen LogP contribution in [0.1, 0.15) is 33.7 Å². The van der Waals surface area contributed by atoms with E-state index in [2.05, 4.69) is 11.6 Å². The third kappa shape index (κ3) is 3.69. The van der Waals surface area contributed by atoms with Crippen molar-refractivity contribution in [3.8, 4) is 0 Å². The van der Waals surface area contributed by atoms with E-state index >= 15 is 0 Å². The Morgan fingerprint density at radius 2 is 2.28 bits per heavy atom. The first-order chi connectivity index (χ1) is 8.56. The minimum absolute atomic E-state index is 0.125. The second kappa shape index (κ2) is 6.54. The standard InChI is InChI=1S/C13H16N2O3/c1-3-4-5-8-15(2)12(16)10-6-7-14-11(9-10)13(17)18/h3,6-7,9H,1,4-5,8H2,2H3,(H,17,18). The third-order valence-electron chi connectivity index (χ3n) is 2.47. The van der Waals surface area contributed by atoms with Crippen molar-refractivity contribution in [2.45, 2.75) is 12.8 Å². The molecule has 1 rings (SSSR count). The summed E-state index contributed by atoms with van der Waals surface area (Å²) in [5.41, 5.74) is 0.212. The molecule has 1 aromatic heterocycles. The number of allylic oxidation sites excluding steroid dienone is 1. The number of pyridine rings is 1. The molecule has 0 radical (unpaired) electrons. The fourth-order valence-corrected chi connectivity index (χ4v) is 1.48. The van der Waals surface area contributed by atoms with Gasteiger partial charge in [-0.3, -0.25) is 4.79 Å². The molecule has 0 aromatic carbocycles. The average molecular weight is 248 g/mol. The minimum atomic E-state index is -1.14. The van der Waals surface area contributed by atoms with Crippen molar-refractivity contribution < 1.29 is 14.7 Å². The smallest absolute Gasteiger partial charge is 0.354 e. The summed E-state index contributed by atoms with van der Waals surface area (Å²) >= 11 is 0. The van der Waals surface area contributed by atoms with Gasteiger partial charge >= 0.3 is 5.97 Å². The van der Waals surface area contributed by atoms with Gasteiger partial charge in [0, 0.05) is 25.4 Å². The van der Waals surface area contributed by atoms with E-state index in [0.29, 0.717) is 12.1 Å². The lowest BCUT2D eigenvalue weighted by molar-refractivity contribution is 0.0690. The van der Waals surface area contributed by atoms with Gasteiger partial charge in [-0.05, 0) is 25.0 Å². The molecule has 0 bridgehead atoms. The first kappa shape index (κ1) is 13.9. The summed E-state index contributed by atoms with van der Waals surface area (Å²) < 4.78 is 0. The van der Waals surface area contributed by atoms with Gasteiger partial charge in [0.2, 0.25) is 0 Å². The summed E-state index contributed by atoms with van der Waals surface area (Å²) in [6.07, 6.45) is 4.80. The molecule has 0 fully saturated rings. The Bertz CT molecular complexity index is 457. The van der Waals surface area contributed by atoms with E-state index in [9.17, 15) is 9.59 Å². The highest BCUT2D eigenvalue weighted by molar-refractivity contribution is 5.96. The first-order valence-corrected chi connectivity index (χ1v) is 5.62. The number of carboxylic acid groups (broad SMARTS) is 1. The number of hydrogen-bond donors (Lipinski definition) is 1. The van der Waals surface area contributed by atoms with Crippen LogP contribution in [-0.4, -0.2) is 40.5 Å². The van der Waals surface area contributed by atoms with Gasteiger partial charge in [0.25, 0.3) is 5.91 Å². The van der Waals surface area contributed by atoms with Crippen LogP contribution in [0, 0.1) is 0 Å². The highest BCUT2D eigenvalue weighted by Gasteiger charge is 2.13. The molecular formula is C13H16N2O3. The molecule has 5 heteroatoms. The average Bonchev–Trinajstić information content (AvgIpc) is 2.38. The molecule has 0 spiro atoms. The Balaban J connectivity index is 2.73. The molecular weight excluding hydrogens is 232 g/mol. The number of aromatic nitrogens is 1. The van der Waals surface area contributed by atoms with E-state index < -0.39 is 5.97 Å². The van der Waals surface area contributed by atoms with Crippen molar-refractivity contribution in [1.82, 2.24) is 9.88 Å². The van der Waals surface area contributed by atoms with E-state index in [0.717, 1.165) is 12.8 Å². The van der Waals surface area contributed by atoms with Gasteiger partial charge in [-0.25, -0.2) is 9.78 Å². The van der Waals surface area contributed by atoms with Gasteiger partial charge in [-0.15, -0.1) is 6.58 Å². The van der Waals surface area contributed by atoms with E-state index in [4.69, 9.17) is 5.11 Å². The summed E-state index contributed by atoms with van der Waals surface area (Å²) in [5, 5.41) is 8.80. The molecule has 1 aromatic rings. The van der Waals surface area contributed by atoms with Crippen LogP contribution in [0.5, 0.6) is 0 Å². The third-order valence-corrected chi connectivity index (χ3v) is 2.47. The van der Waals surface area contributed by atoms with Crippen molar-refractivity contribution in [2.75, 3.05) is 13.6 Å². The van der Waals surface area contributed by atoms with Crippen LogP contribution in [0.15, 0.2) is 31.0 Å². The molecule has 96 valence electrons. The molecule has 0 aliphatic rings. The summed E-state index contributed by atoms with van der Waals surface area (Å²) in [6, 6.07) is 2.80. The molecule has 1 heterocycles. The lowest BCUT2D eigenvalue weighted by Gasteiger charge is -2.16. The van der Waals surface area contributed by atoms with E-state index in [1.165, 1.54) is 18.3 Å². The Kier molecular flexibility index (Phi) is 5.05. The Labute approximate surface area is 106 Å². The Morgan fingerprint density at radius 1 is 1.56 bits per heavy atom. The normalized spacial score (nSPS) is 9.83. The number of unbranched alkanes of at least 4 members (excludes halogenated alkanes) is 1. The number of rotatable bonds is 6. The van der Waals surface area contributed by atoms with Crippen molar-refractivity contribution in [2.24, 2.45) is 0 Å². The Hall–Kier alpha value is -2.17. The van der Waals surface area contributed by atoms with Crippen LogP contribution in [0.25, 0.3) is 0 Å². The molecule has 1 N–H and O–H groups in total. The van der Waals surface area contributed by atoms with Crippen LogP contribution in [0.2, 0.25) is 0 Å². The van der Waals surface area contributed by atoms with Crippen molar-refractivity contribution in [3.63, 3.8) is 0 Å². The predicted octanol–water partition coefficient (Wildman–Crippen LogP) is 1.82. The zero-order chi connectivity index (χ0) is 13.5. The van der Waals surface area contributed by atoms with Crippen LogP contribution >= 0.6 is 0 Å². The monoisotopic (exact) mass is 248 g/mol. The molecule has 0 saturated heterocycles. The summed E-state index contributed by atoms with van der Waals surface area (Å²) in [4.78, 5) is 28.0. The topological polar surface area (TPSA) is 70.5 Å². The summed E-state index contributed by atoms with van der Waals surface area (Å²) in [7, 11) is 1.69. The molecule has 0 atom stereocenters. The quantitative estimate of drug-likeness (QED) is 0.615. The zero-order valence-electron chi connectivity index (χ0n) is 10.3. The van der Waals surface area contributed by atoms with Crippen molar-refractivity contribution in [1.29, 1.82) is 0 Å². The van der Waals surface area contributed by atoms with E-state index in [1.54, 1.807) is 18.0 Å². The first-order valence-electron chi connectivity index (χ1n) is 5.62. The maximum Gasteiger partial charge on any atom is 0.354 e. The van der Waals surface area contributed by atoms with Gasteiger partial charge in [0.15, 0.2) is 0 Å². The van der Waals surface area contributed by atoms with E-state index in [1.807, 2.05) is 0 Å². The van der Waals surface area contributed by atoms with Crippen LogP contribution in [-0.2, 0) is 0 Å². The highest BCUT2D eigenvalue weighted by atomic mass is 16.4. The molecule has 0 aliphatic heterocycles. The largest absolute Gasteiger partial charge is 0.477 e. The zero-order valence-corrected chi connectivity index (χ0v) is 10.3. The number of aromatic carboxylic acids is 1. The lowest BCUT2D eigenvalue weighted by atomic mass is 10.2. The molecule has 0 saturated carbocycles. The molecule has 0 unspecified atom stereocenters. The second-order valence-corrected chi connectivity index (χ2v) is 3.89. The fraction of sp³-hybridized carbons (Fsp3) is 0.308. The minimum Gasteiger partial charge on any atom is -0.477 e. The van der Waals surface area contributed by atoms with Crippen LogP contribution in [0.3, 0.4) is 0 Å². The fourth-order valence-electron chi connectivity index (χ4n) is 1.48. The van der Waals surface area contributed by atoms with Gasteiger partial charge in [-0.1, -0.05) is 6.08 Å². The van der Waals surface area contributed by atoms with Crippen molar-refractivity contribution >= 4 is 11.9 Å². The highest BCUT2D eigenvalue weighted by Crippen LogP contribution is 2.06. The van der Waals surface area contributed by atoms with Crippen LogP contribution in [0.4, 0.5) is 0 Å². The molecule has 0 aliphatic carbocycles. The molecule has 5 nitrogen and oxygen atoms in total. The van der Waals surface area contributed by atoms with Gasteiger partial charge < -0.3 is 10.0 Å². The van der Waals surface area contributed by atoms with Crippen molar-refractivity contribution in [3.05, 3.63) is 42.2 Å². The number of carboxylic acids is 1. The predicted molar refractivity (Wildman–Crippen MR) is 67.6 cm³/mol. The number of carbonyl (C=O) groups excluding carboxylic acids is 1. The Morgan fingerprint density at radius 3 is 2.89 bits per heavy atom. The number of carbonyl (C=O) groups is 2. The van der Waals surface area contributed by atoms with Gasteiger partial charge in [0.05, 0.1) is 0 Å². The molecule has 18 heavy (non-hydrogen) atoms. The number of nitrogens with zero attached hydrogens (tertiary/aromatic N) is 2. The summed E-state index contributed by atoms with van der Waals surface area (Å²) in [5.74, 6) is -1.34. The van der Waals surface area contributed by atoms with Gasteiger partial charge in [-0.2, -0.15) is 0 Å².